The number of nitrogens with zero attached hydrogens (tertiary/aromatic N) is 1. The molecule has 1 aromatic heterocycles. The number of benzene rings is 1. The Labute approximate surface area is 141 Å². The number of carbonyl (C=O) groups excluding carboxylic acids is 1. The van der Waals surface area contributed by atoms with Gasteiger partial charge in [0.25, 0.3) is 5.91 Å². The Morgan fingerprint density at radius 2 is 2.25 bits per heavy atom. The van der Waals surface area contributed by atoms with E-state index in [0.29, 0.717) is 17.2 Å². The number of halogens is 1. The van der Waals surface area contributed by atoms with Gasteiger partial charge in [0.1, 0.15) is 5.82 Å². The van der Waals surface area contributed by atoms with E-state index in [-0.39, 0.29) is 11.4 Å². The van der Waals surface area contributed by atoms with Crippen molar-refractivity contribution in [2.75, 3.05) is 24.5 Å². The highest BCUT2D eigenvalue weighted by atomic mass is 19.1. The summed E-state index contributed by atoms with van der Waals surface area (Å²) in [4.78, 5) is 17.0. The first kappa shape index (κ1) is 16.8. The van der Waals surface area contributed by atoms with Crippen LogP contribution in [0.1, 0.15) is 41.4 Å². The lowest BCUT2D eigenvalue weighted by atomic mass is 10.0. The number of likely N-dealkylation sites (N-methyl/N-ethyl adjacent to an activating group) is 1. The molecule has 1 fully saturated rings. The van der Waals surface area contributed by atoms with Gasteiger partial charge in [0.05, 0.1) is 16.8 Å². The van der Waals surface area contributed by atoms with Gasteiger partial charge in [0.2, 0.25) is 0 Å². The normalized spacial score (nSPS) is 18.3. The zero-order valence-electron chi connectivity index (χ0n) is 14.5. The van der Waals surface area contributed by atoms with E-state index >= 15 is 0 Å². The Bertz CT molecular complexity index is 781. The fraction of sp³-hybridized carbons (Fsp3) is 0.500. The topological polar surface area (TPSA) is 74.2 Å². The number of H-pyrrole nitrogens is 1. The maximum absolute atomic E-state index is 14.9. The minimum Gasteiger partial charge on any atom is -0.367 e. The van der Waals surface area contributed by atoms with E-state index < -0.39 is 5.91 Å². The largest absolute Gasteiger partial charge is 0.367 e. The summed E-state index contributed by atoms with van der Waals surface area (Å²) < 4.78 is 14.9. The average Bonchev–Trinajstić information content (AvgIpc) is 2.83. The number of carbonyl (C=O) groups is 1. The van der Waals surface area contributed by atoms with Gasteiger partial charge in [-0.15, -0.1) is 0 Å². The zero-order chi connectivity index (χ0) is 17.4. The van der Waals surface area contributed by atoms with E-state index in [9.17, 15) is 9.18 Å². The van der Waals surface area contributed by atoms with Gasteiger partial charge in [-0.05, 0) is 44.9 Å². The first-order valence-electron chi connectivity index (χ1n) is 8.53. The number of aryl methyl sites for hydroxylation is 2. The Hall–Kier alpha value is -2.08. The Kier molecular flexibility index (Phi) is 4.49. The van der Waals surface area contributed by atoms with Crippen molar-refractivity contribution in [3.63, 3.8) is 0 Å². The number of rotatable bonds is 4. The fourth-order valence-electron chi connectivity index (χ4n) is 3.74. The number of aromatic nitrogens is 1. The molecule has 1 amide bonds. The van der Waals surface area contributed by atoms with Gasteiger partial charge in [-0.2, -0.15) is 0 Å². The zero-order valence-corrected chi connectivity index (χ0v) is 14.5. The molecule has 1 atom stereocenters. The van der Waals surface area contributed by atoms with Gasteiger partial charge in [-0.3, -0.25) is 4.79 Å². The van der Waals surface area contributed by atoms with E-state index in [1.165, 1.54) is 6.07 Å². The van der Waals surface area contributed by atoms with Gasteiger partial charge in [0, 0.05) is 30.2 Å². The molecule has 3 rings (SSSR count). The molecule has 0 bridgehead atoms. The van der Waals surface area contributed by atoms with Gasteiger partial charge in [0.15, 0.2) is 0 Å². The van der Waals surface area contributed by atoms with Crippen molar-refractivity contribution in [2.24, 2.45) is 5.73 Å². The van der Waals surface area contributed by atoms with Crippen molar-refractivity contribution >= 4 is 22.5 Å². The first-order valence-corrected chi connectivity index (χ1v) is 8.53. The number of aromatic amines is 1. The number of fused-ring (bicyclic) bond motifs is 1. The lowest BCUT2D eigenvalue weighted by Crippen LogP contribution is -2.46. The number of hydrogen-bond donors (Lipinski definition) is 3. The summed E-state index contributed by atoms with van der Waals surface area (Å²) in [6.45, 7) is 8.44. The van der Waals surface area contributed by atoms with E-state index in [1.54, 1.807) is 0 Å². The second-order valence-electron chi connectivity index (χ2n) is 6.59. The highest BCUT2D eigenvalue weighted by Crippen LogP contribution is 2.37. The summed E-state index contributed by atoms with van der Waals surface area (Å²) in [5, 5.41) is 4.23. The molecular weight excluding hydrogens is 307 g/mol. The minimum absolute atomic E-state index is 0.211. The second kappa shape index (κ2) is 6.43. The van der Waals surface area contributed by atoms with Crippen LogP contribution in [0.3, 0.4) is 0 Å². The average molecular weight is 332 g/mol. The molecule has 1 aromatic carbocycles. The molecule has 6 heteroatoms. The van der Waals surface area contributed by atoms with E-state index in [4.69, 9.17) is 5.73 Å². The van der Waals surface area contributed by atoms with Crippen molar-refractivity contribution in [2.45, 2.75) is 39.7 Å². The third-order valence-electron chi connectivity index (χ3n) is 5.00. The molecule has 0 saturated carbocycles. The van der Waals surface area contributed by atoms with Crippen molar-refractivity contribution < 1.29 is 9.18 Å². The number of anilines is 1. The molecule has 1 unspecified atom stereocenters. The number of piperidine rings is 1. The Balaban J connectivity index is 2.16. The predicted molar refractivity (Wildman–Crippen MR) is 95.2 cm³/mol. The molecule has 5 nitrogen and oxygen atoms in total. The standard InChI is InChI=1S/C18H25FN4O/c1-4-21-12-6-5-7-23(9-12)17-14(19)8-13(18(20)24)16-15(17)10(2)11(3)22-16/h8,12,21-22H,4-7,9H2,1-3H3,(H2,20,24). The van der Waals surface area contributed by atoms with E-state index in [0.717, 1.165) is 49.1 Å². The molecule has 1 aliphatic rings. The molecule has 1 saturated heterocycles. The summed E-state index contributed by atoms with van der Waals surface area (Å²) in [5.41, 5.74) is 8.78. The molecule has 1 aliphatic heterocycles. The van der Waals surface area contributed by atoms with Crippen LogP contribution in [0.15, 0.2) is 6.07 Å². The molecule has 130 valence electrons. The highest BCUT2D eigenvalue weighted by molar-refractivity contribution is 6.10. The summed E-state index contributed by atoms with van der Waals surface area (Å²) in [6.07, 6.45) is 2.11. The van der Waals surface area contributed by atoms with E-state index in [1.807, 2.05) is 13.8 Å². The summed E-state index contributed by atoms with van der Waals surface area (Å²) >= 11 is 0. The van der Waals surface area contributed by atoms with Crippen LogP contribution in [0.5, 0.6) is 0 Å². The predicted octanol–water partition coefficient (Wildman–Crippen LogP) is 2.60. The molecule has 0 aliphatic carbocycles. The van der Waals surface area contributed by atoms with Crippen LogP contribution < -0.4 is 16.0 Å². The maximum atomic E-state index is 14.9. The summed E-state index contributed by atoms with van der Waals surface area (Å²) in [6, 6.07) is 1.63. The number of amides is 1. The summed E-state index contributed by atoms with van der Waals surface area (Å²) in [7, 11) is 0. The van der Waals surface area contributed by atoms with Crippen molar-refractivity contribution in [3.8, 4) is 0 Å². The number of nitrogens with two attached hydrogens (primary N) is 1. The fourth-order valence-corrected chi connectivity index (χ4v) is 3.74. The van der Waals surface area contributed by atoms with Gasteiger partial charge in [-0.1, -0.05) is 6.92 Å². The van der Waals surface area contributed by atoms with Crippen molar-refractivity contribution in [1.29, 1.82) is 0 Å². The first-order chi connectivity index (χ1) is 11.4. The lowest BCUT2D eigenvalue weighted by Gasteiger charge is -2.35. The molecule has 2 heterocycles. The van der Waals surface area contributed by atoms with Gasteiger partial charge >= 0.3 is 0 Å². The second-order valence-corrected chi connectivity index (χ2v) is 6.59. The van der Waals surface area contributed by atoms with Crippen LogP contribution in [0, 0.1) is 19.7 Å². The van der Waals surface area contributed by atoms with Crippen LogP contribution in [-0.2, 0) is 0 Å². The summed E-state index contributed by atoms with van der Waals surface area (Å²) in [5.74, 6) is -0.994. The van der Waals surface area contributed by atoms with Crippen LogP contribution in [0.4, 0.5) is 10.1 Å². The Morgan fingerprint density at radius 1 is 1.50 bits per heavy atom. The molecule has 4 N–H and O–H groups in total. The molecule has 0 radical (unpaired) electrons. The quantitative estimate of drug-likeness (QED) is 0.806. The van der Waals surface area contributed by atoms with Gasteiger partial charge < -0.3 is 20.9 Å². The van der Waals surface area contributed by atoms with Crippen LogP contribution in [-0.4, -0.2) is 36.6 Å². The number of hydrogen-bond acceptors (Lipinski definition) is 3. The molecule has 2 aromatic rings. The monoisotopic (exact) mass is 332 g/mol. The smallest absolute Gasteiger partial charge is 0.250 e. The van der Waals surface area contributed by atoms with Crippen molar-refractivity contribution in [1.82, 2.24) is 10.3 Å². The molecule has 0 spiro atoms. The maximum Gasteiger partial charge on any atom is 0.250 e. The highest BCUT2D eigenvalue weighted by Gasteiger charge is 2.27. The van der Waals surface area contributed by atoms with Crippen LogP contribution in [0.2, 0.25) is 0 Å². The Morgan fingerprint density at radius 3 is 2.92 bits per heavy atom. The van der Waals surface area contributed by atoms with E-state index in [2.05, 4.69) is 22.1 Å². The minimum atomic E-state index is -0.615. The number of primary amides is 1. The van der Waals surface area contributed by atoms with Crippen LogP contribution in [0.25, 0.3) is 10.9 Å². The third kappa shape index (κ3) is 2.75. The SMILES string of the molecule is CCNC1CCCN(c2c(F)cc(C(N)=O)c3[nH]c(C)c(C)c23)C1. The molecular formula is C18H25FN4O. The third-order valence-corrected chi connectivity index (χ3v) is 5.00. The number of nitrogens with one attached hydrogen (secondary N) is 2. The van der Waals surface area contributed by atoms with Gasteiger partial charge in [-0.25, -0.2) is 4.39 Å². The molecule has 24 heavy (non-hydrogen) atoms. The van der Waals surface area contributed by atoms with Crippen molar-refractivity contribution in [3.05, 3.63) is 28.7 Å². The van der Waals surface area contributed by atoms with Crippen LogP contribution >= 0.6 is 0 Å². The lowest BCUT2D eigenvalue weighted by molar-refractivity contribution is 0.100.